The Hall–Kier alpha value is -0.910. The number of benzene rings is 1. The molecule has 0 saturated heterocycles. The molecule has 0 saturated carbocycles. The highest BCUT2D eigenvalue weighted by Crippen LogP contribution is 2.10. The van der Waals surface area contributed by atoms with E-state index in [1.54, 1.807) is 6.92 Å². The average Bonchev–Trinajstić information content (AvgIpc) is 2.43. The summed E-state index contributed by atoms with van der Waals surface area (Å²) < 4.78 is 28.6. The van der Waals surface area contributed by atoms with Gasteiger partial charge in [-0.2, -0.15) is 0 Å². The van der Waals surface area contributed by atoms with E-state index in [0.717, 1.165) is 11.1 Å². The summed E-state index contributed by atoms with van der Waals surface area (Å²) in [6, 6.07) is 8.01. The molecule has 1 atom stereocenters. The molecule has 1 N–H and O–H groups in total. The van der Waals surface area contributed by atoms with Gasteiger partial charge in [0.1, 0.15) is 0 Å². The van der Waals surface area contributed by atoms with Crippen molar-refractivity contribution in [3.8, 4) is 0 Å². The summed E-state index contributed by atoms with van der Waals surface area (Å²) in [4.78, 5) is 0. The lowest BCUT2D eigenvalue weighted by Gasteiger charge is -2.15. The third-order valence-electron chi connectivity index (χ3n) is 3.16. The van der Waals surface area contributed by atoms with Gasteiger partial charge in [0.15, 0.2) is 9.84 Å². The molecule has 0 spiro atoms. The highest BCUT2D eigenvalue weighted by molar-refractivity contribution is 7.91. The second-order valence-electron chi connectivity index (χ2n) is 4.89. The SMILES string of the molecule is CCOCc1ccccc1CNC(C)CS(=O)(=O)CC. The Morgan fingerprint density at radius 1 is 1.20 bits per heavy atom. The van der Waals surface area contributed by atoms with Crippen molar-refractivity contribution in [1.29, 1.82) is 0 Å². The van der Waals surface area contributed by atoms with Crippen molar-refractivity contribution in [2.75, 3.05) is 18.1 Å². The minimum absolute atomic E-state index is 0.0555. The van der Waals surface area contributed by atoms with Crippen molar-refractivity contribution in [3.05, 3.63) is 35.4 Å². The maximum Gasteiger partial charge on any atom is 0.151 e. The van der Waals surface area contributed by atoms with Gasteiger partial charge in [-0.3, -0.25) is 0 Å². The quantitative estimate of drug-likeness (QED) is 0.759. The zero-order chi connectivity index (χ0) is 15.0. The number of hydrogen-bond donors (Lipinski definition) is 1. The molecule has 4 nitrogen and oxygen atoms in total. The average molecular weight is 299 g/mol. The second-order valence-corrected chi connectivity index (χ2v) is 7.28. The van der Waals surface area contributed by atoms with E-state index < -0.39 is 9.84 Å². The lowest BCUT2D eigenvalue weighted by atomic mass is 10.1. The van der Waals surface area contributed by atoms with E-state index in [9.17, 15) is 8.42 Å². The molecule has 0 radical (unpaired) electrons. The predicted molar refractivity (Wildman–Crippen MR) is 82.4 cm³/mol. The van der Waals surface area contributed by atoms with E-state index in [4.69, 9.17) is 4.74 Å². The fourth-order valence-corrected chi connectivity index (χ4v) is 3.04. The number of rotatable bonds is 9. The van der Waals surface area contributed by atoms with Gasteiger partial charge in [-0.1, -0.05) is 31.2 Å². The molecule has 20 heavy (non-hydrogen) atoms. The molecule has 0 aromatic heterocycles. The normalized spacial score (nSPS) is 13.3. The Balaban J connectivity index is 2.56. The van der Waals surface area contributed by atoms with E-state index >= 15 is 0 Å². The topological polar surface area (TPSA) is 55.4 Å². The first-order valence-electron chi connectivity index (χ1n) is 7.06. The minimum atomic E-state index is -2.93. The van der Waals surface area contributed by atoms with Gasteiger partial charge in [-0.15, -0.1) is 0 Å². The van der Waals surface area contributed by atoms with Gasteiger partial charge in [0.25, 0.3) is 0 Å². The van der Waals surface area contributed by atoms with Gasteiger partial charge in [0.05, 0.1) is 12.4 Å². The van der Waals surface area contributed by atoms with Crippen molar-refractivity contribution >= 4 is 9.84 Å². The summed E-state index contributed by atoms with van der Waals surface area (Å²) in [7, 11) is -2.93. The molecule has 0 aliphatic rings. The molecule has 0 heterocycles. The predicted octanol–water partition coefficient (Wildman–Crippen LogP) is 2.14. The Bertz CT molecular complexity index is 500. The monoisotopic (exact) mass is 299 g/mol. The molecule has 5 heteroatoms. The maximum atomic E-state index is 11.6. The van der Waals surface area contributed by atoms with Crippen LogP contribution in [0.4, 0.5) is 0 Å². The molecule has 0 amide bonds. The molecule has 0 aliphatic carbocycles. The molecule has 1 rings (SSSR count). The van der Waals surface area contributed by atoms with E-state index in [0.29, 0.717) is 19.8 Å². The summed E-state index contributed by atoms with van der Waals surface area (Å²) in [6.07, 6.45) is 0. The van der Waals surface area contributed by atoms with E-state index in [1.807, 2.05) is 38.1 Å². The van der Waals surface area contributed by atoms with Gasteiger partial charge in [0, 0.05) is 24.9 Å². The fraction of sp³-hybridized carbons (Fsp3) is 0.600. The van der Waals surface area contributed by atoms with Gasteiger partial charge >= 0.3 is 0 Å². The van der Waals surface area contributed by atoms with Crippen LogP contribution in [0, 0.1) is 0 Å². The third kappa shape index (κ3) is 6.03. The molecule has 1 aromatic carbocycles. The van der Waals surface area contributed by atoms with Gasteiger partial charge in [-0.25, -0.2) is 8.42 Å². The van der Waals surface area contributed by atoms with Crippen molar-refractivity contribution in [1.82, 2.24) is 5.32 Å². The molecule has 0 aliphatic heterocycles. The van der Waals surface area contributed by atoms with Crippen LogP contribution in [0.3, 0.4) is 0 Å². The summed E-state index contributed by atoms with van der Waals surface area (Å²) in [5.41, 5.74) is 2.30. The summed E-state index contributed by atoms with van der Waals surface area (Å²) in [5.74, 6) is 0.372. The molecule has 0 fully saturated rings. The first-order chi connectivity index (χ1) is 9.48. The van der Waals surface area contributed by atoms with Crippen LogP contribution >= 0.6 is 0 Å². The summed E-state index contributed by atoms with van der Waals surface area (Å²) in [6.45, 7) is 7.49. The van der Waals surface area contributed by atoms with Gasteiger partial charge in [-0.05, 0) is 25.0 Å². The van der Waals surface area contributed by atoms with E-state index in [2.05, 4.69) is 5.32 Å². The molecule has 0 bridgehead atoms. The van der Waals surface area contributed by atoms with E-state index in [1.165, 1.54) is 0 Å². The Labute approximate surface area is 122 Å². The van der Waals surface area contributed by atoms with Crippen LogP contribution in [0.1, 0.15) is 31.9 Å². The maximum absolute atomic E-state index is 11.6. The van der Waals surface area contributed by atoms with Crippen molar-refractivity contribution in [2.45, 2.75) is 40.0 Å². The van der Waals surface area contributed by atoms with Crippen LogP contribution in [0.25, 0.3) is 0 Å². The zero-order valence-corrected chi connectivity index (χ0v) is 13.4. The lowest BCUT2D eigenvalue weighted by Crippen LogP contribution is -2.33. The Kier molecular flexibility index (Phi) is 7.19. The standard InChI is InChI=1S/C15H25NO3S/c1-4-19-11-15-9-7-6-8-14(15)10-16-13(3)12-20(17,18)5-2/h6-9,13,16H,4-5,10-12H2,1-3H3. The first-order valence-corrected chi connectivity index (χ1v) is 8.89. The Morgan fingerprint density at radius 3 is 2.45 bits per heavy atom. The van der Waals surface area contributed by atoms with Crippen molar-refractivity contribution < 1.29 is 13.2 Å². The smallest absolute Gasteiger partial charge is 0.151 e. The highest BCUT2D eigenvalue weighted by Gasteiger charge is 2.13. The van der Waals surface area contributed by atoms with Crippen LogP contribution in [-0.4, -0.2) is 32.6 Å². The van der Waals surface area contributed by atoms with Crippen molar-refractivity contribution in [2.24, 2.45) is 0 Å². The molecular weight excluding hydrogens is 274 g/mol. The van der Waals surface area contributed by atoms with E-state index in [-0.39, 0.29) is 17.5 Å². The molecular formula is C15H25NO3S. The van der Waals surface area contributed by atoms with Crippen LogP contribution < -0.4 is 5.32 Å². The molecule has 1 unspecified atom stereocenters. The number of sulfone groups is 1. The van der Waals surface area contributed by atoms with Crippen LogP contribution in [0.2, 0.25) is 0 Å². The highest BCUT2D eigenvalue weighted by atomic mass is 32.2. The lowest BCUT2D eigenvalue weighted by molar-refractivity contribution is 0.133. The first kappa shape index (κ1) is 17.1. The second kappa shape index (κ2) is 8.39. The Morgan fingerprint density at radius 2 is 1.85 bits per heavy atom. The van der Waals surface area contributed by atoms with Crippen molar-refractivity contribution in [3.63, 3.8) is 0 Å². The number of ether oxygens (including phenoxy) is 1. The minimum Gasteiger partial charge on any atom is -0.377 e. The molecule has 1 aromatic rings. The molecule has 114 valence electrons. The third-order valence-corrected chi connectivity index (χ3v) is 5.05. The van der Waals surface area contributed by atoms with Crippen LogP contribution in [0.15, 0.2) is 24.3 Å². The van der Waals surface area contributed by atoms with Crippen LogP contribution in [-0.2, 0) is 27.7 Å². The largest absolute Gasteiger partial charge is 0.377 e. The fourth-order valence-electron chi connectivity index (χ4n) is 1.92. The number of hydrogen-bond acceptors (Lipinski definition) is 4. The van der Waals surface area contributed by atoms with Crippen LogP contribution in [0.5, 0.6) is 0 Å². The number of nitrogens with one attached hydrogen (secondary N) is 1. The summed E-state index contributed by atoms with van der Waals surface area (Å²) >= 11 is 0. The summed E-state index contributed by atoms with van der Waals surface area (Å²) in [5, 5.41) is 3.27. The zero-order valence-electron chi connectivity index (χ0n) is 12.6. The van der Waals surface area contributed by atoms with Gasteiger partial charge < -0.3 is 10.1 Å². The van der Waals surface area contributed by atoms with Gasteiger partial charge in [0.2, 0.25) is 0 Å².